The monoisotopic (exact) mass is 659 g/mol. The van der Waals surface area contributed by atoms with Crippen LogP contribution in [0.15, 0.2) is 126 Å². The smallest absolute Gasteiger partial charge is 0.262 e. The van der Waals surface area contributed by atoms with E-state index >= 15 is 0 Å². The van der Waals surface area contributed by atoms with Crippen LogP contribution in [0.4, 0.5) is 17.1 Å². The summed E-state index contributed by atoms with van der Waals surface area (Å²) in [7, 11) is -4.02. The number of benzene rings is 5. The molecule has 5 aromatic carbocycles. The Balaban J connectivity index is 1.48. The Labute approximate surface area is 283 Å². The number of amides is 1. The summed E-state index contributed by atoms with van der Waals surface area (Å²) in [4.78, 5) is 18.7. The molecule has 0 fully saturated rings. The number of carbonyl (C=O) groups is 1. The molecule has 1 aliphatic heterocycles. The van der Waals surface area contributed by atoms with Crippen molar-refractivity contribution in [3.63, 3.8) is 0 Å². The van der Waals surface area contributed by atoms with Crippen LogP contribution < -0.4 is 19.3 Å². The van der Waals surface area contributed by atoms with Gasteiger partial charge in [0.15, 0.2) is 0 Å². The average Bonchev–Trinajstić information content (AvgIpc) is 3.07. The summed E-state index contributed by atoms with van der Waals surface area (Å²) in [6, 6.07) is 38.0. The Morgan fingerprint density at radius 3 is 2.10 bits per heavy atom. The second-order valence-corrected chi connectivity index (χ2v) is 14.8. The normalized spacial score (nSPS) is 14.9. The number of rotatable bonds is 9. The van der Waals surface area contributed by atoms with E-state index in [0.29, 0.717) is 35.8 Å². The molecule has 1 N–H and O–H groups in total. The molecule has 48 heavy (non-hydrogen) atoms. The standard InChI is InChI=1S/C40H41N3O4S/c1-6-47-34-22-18-32(19-23-34)41-48(45,46)35-24-25-37-36(26-35)39(44)43(33-20-12-28(2)13-21-33)38(42(37)27-29-10-8-7-9-11-29)30-14-16-31(17-15-30)40(3,4)5/h7-26,38,41H,6,27H2,1-5H3/t38-/m0/s1. The Morgan fingerprint density at radius 2 is 1.48 bits per heavy atom. The van der Waals surface area contributed by atoms with Gasteiger partial charge in [0.05, 0.1) is 22.8 Å². The van der Waals surface area contributed by atoms with Gasteiger partial charge in [-0.2, -0.15) is 0 Å². The molecule has 0 radical (unpaired) electrons. The van der Waals surface area contributed by atoms with Gasteiger partial charge in [0.2, 0.25) is 0 Å². The molecule has 0 bridgehead atoms. The van der Waals surface area contributed by atoms with Crippen molar-refractivity contribution in [3.8, 4) is 5.75 Å². The van der Waals surface area contributed by atoms with Crippen LogP contribution in [0.1, 0.15) is 66.5 Å². The van der Waals surface area contributed by atoms with Crippen LogP contribution in [0.5, 0.6) is 5.75 Å². The topological polar surface area (TPSA) is 78.9 Å². The van der Waals surface area contributed by atoms with Crippen molar-refractivity contribution >= 4 is 33.0 Å². The zero-order chi connectivity index (χ0) is 34.1. The average molecular weight is 660 g/mol. The molecule has 1 amide bonds. The van der Waals surface area contributed by atoms with E-state index in [1.54, 1.807) is 41.3 Å². The lowest BCUT2D eigenvalue weighted by Gasteiger charge is -2.46. The van der Waals surface area contributed by atoms with E-state index in [9.17, 15) is 13.2 Å². The number of sulfonamides is 1. The van der Waals surface area contributed by atoms with E-state index < -0.39 is 16.2 Å². The Hall–Kier alpha value is -5.08. The first-order chi connectivity index (χ1) is 22.9. The van der Waals surface area contributed by atoms with E-state index in [2.05, 4.69) is 66.8 Å². The van der Waals surface area contributed by atoms with Crippen LogP contribution in [0.3, 0.4) is 0 Å². The fourth-order valence-electron chi connectivity index (χ4n) is 6.02. The number of hydrogen-bond acceptors (Lipinski definition) is 5. The predicted molar refractivity (Wildman–Crippen MR) is 193 cm³/mol. The molecule has 7 nitrogen and oxygen atoms in total. The van der Waals surface area contributed by atoms with Crippen LogP contribution >= 0.6 is 0 Å². The van der Waals surface area contributed by atoms with Crippen LogP contribution in [-0.2, 0) is 22.0 Å². The van der Waals surface area contributed by atoms with Gasteiger partial charge < -0.3 is 9.64 Å². The summed E-state index contributed by atoms with van der Waals surface area (Å²) >= 11 is 0. The molecule has 0 saturated carbocycles. The Bertz CT molecular complexity index is 2000. The van der Waals surface area contributed by atoms with Crippen molar-refractivity contribution in [1.82, 2.24) is 0 Å². The summed E-state index contributed by atoms with van der Waals surface area (Å²) in [6.07, 6.45) is -0.494. The maximum atomic E-state index is 14.7. The lowest BCUT2D eigenvalue weighted by Crippen LogP contribution is -2.49. The largest absolute Gasteiger partial charge is 0.494 e. The maximum absolute atomic E-state index is 14.7. The lowest BCUT2D eigenvalue weighted by atomic mass is 9.86. The van der Waals surface area contributed by atoms with E-state index in [0.717, 1.165) is 22.4 Å². The SMILES string of the molecule is CCOc1ccc(NS(=O)(=O)c2ccc3c(c2)C(=O)N(c2ccc(C)cc2)[C@@H](c2ccc(C(C)(C)C)cc2)N3Cc2ccccc2)cc1. The molecule has 0 aromatic heterocycles. The second-order valence-electron chi connectivity index (χ2n) is 13.1. The summed E-state index contributed by atoms with van der Waals surface area (Å²) in [5, 5.41) is 0. The van der Waals surface area contributed by atoms with Crippen molar-refractivity contribution in [2.45, 2.75) is 57.6 Å². The van der Waals surface area contributed by atoms with E-state index in [-0.39, 0.29) is 16.2 Å². The highest BCUT2D eigenvalue weighted by Crippen LogP contribution is 2.43. The molecule has 1 atom stereocenters. The number of nitrogens with zero attached hydrogens (tertiary/aromatic N) is 2. The first-order valence-corrected chi connectivity index (χ1v) is 17.6. The number of hydrogen-bond donors (Lipinski definition) is 1. The number of anilines is 3. The summed E-state index contributed by atoms with van der Waals surface area (Å²) in [5.74, 6) is 0.373. The maximum Gasteiger partial charge on any atom is 0.262 e. The predicted octanol–water partition coefficient (Wildman–Crippen LogP) is 8.86. The van der Waals surface area contributed by atoms with Gasteiger partial charge in [-0.15, -0.1) is 0 Å². The molecular formula is C40H41N3O4S. The third-order valence-electron chi connectivity index (χ3n) is 8.58. The molecule has 1 heterocycles. The summed E-state index contributed by atoms with van der Waals surface area (Å²) in [6.45, 7) is 11.4. The number of carbonyl (C=O) groups excluding carboxylic acids is 1. The molecular weight excluding hydrogens is 619 g/mol. The van der Waals surface area contributed by atoms with Gasteiger partial charge in [-0.3, -0.25) is 14.4 Å². The fraction of sp³-hybridized carbons (Fsp3) is 0.225. The number of nitrogens with one attached hydrogen (secondary N) is 1. The minimum absolute atomic E-state index is 0.0000166. The summed E-state index contributed by atoms with van der Waals surface area (Å²) < 4.78 is 35.5. The molecule has 0 unspecified atom stereocenters. The van der Waals surface area contributed by atoms with Crippen LogP contribution in [0.2, 0.25) is 0 Å². The molecule has 6 rings (SSSR count). The third kappa shape index (κ3) is 6.80. The van der Waals surface area contributed by atoms with Crippen LogP contribution in [0.25, 0.3) is 0 Å². The zero-order valence-electron chi connectivity index (χ0n) is 28.0. The van der Waals surface area contributed by atoms with Gasteiger partial charge in [0.1, 0.15) is 11.9 Å². The van der Waals surface area contributed by atoms with E-state index in [4.69, 9.17) is 4.74 Å². The molecule has 246 valence electrons. The van der Waals surface area contributed by atoms with Crippen molar-refractivity contribution in [1.29, 1.82) is 0 Å². The van der Waals surface area contributed by atoms with Gasteiger partial charge >= 0.3 is 0 Å². The highest BCUT2D eigenvalue weighted by molar-refractivity contribution is 7.92. The second kappa shape index (κ2) is 13.2. The quantitative estimate of drug-likeness (QED) is 0.171. The fourth-order valence-corrected chi connectivity index (χ4v) is 7.10. The van der Waals surface area contributed by atoms with Gasteiger partial charge in [-0.25, -0.2) is 8.42 Å². The van der Waals surface area contributed by atoms with Crippen molar-refractivity contribution in [3.05, 3.63) is 149 Å². The van der Waals surface area contributed by atoms with Gasteiger partial charge in [0, 0.05) is 17.9 Å². The first kappa shape index (κ1) is 32.8. The van der Waals surface area contributed by atoms with E-state index in [1.165, 1.54) is 11.6 Å². The van der Waals surface area contributed by atoms with Gasteiger partial charge in [0.25, 0.3) is 15.9 Å². The molecule has 8 heteroatoms. The summed E-state index contributed by atoms with van der Waals surface area (Å²) in [5.41, 5.74) is 6.34. The lowest BCUT2D eigenvalue weighted by molar-refractivity contribution is 0.0968. The molecule has 0 saturated heterocycles. The Kier molecular flexibility index (Phi) is 9.03. The minimum Gasteiger partial charge on any atom is -0.494 e. The Morgan fingerprint density at radius 1 is 0.812 bits per heavy atom. The van der Waals surface area contributed by atoms with E-state index in [1.807, 2.05) is 56.3 Å². The number of aryl methyl sites for hydroxylation is 1. The van der Waals surface area contributed by atoms with Gasteiger partial charge in [-0.05, 0) is 90.6 Å². The van der Waals surface area contributed by atoms with Crippen molar-refractivity contribution in [2.24, 2.45) is 0 Å². The molecule has 5 aromatic rings. The van der Waals surface area contributed by atoms with Crippen LogP contribution in [-0.4, -0.2) is 20.9 Å². The third-order valence-corrected chi connectivity index (χ3v) is 9.96. The zero-order valence-corrected chi connectivity index (χ0v) is 28.8. The number of ether oxygens (including phenoxy) is 1. The van der Waals surface area contributed by atoms with Crippen LogP contribution in [0, 0.1) is 6.92 Å². The van der Waals surface area contributed by atoms with Crippen molar-refractivity contribution < 1.29 is 17.9 Å². The number of fused-ring (bicyclic) bond motifs is 1. The molecule has 0 spiro atoms. The first-order valence-electron chi connectivity index (χ1n) is 16.2. The highest BCUT2D eigenvalue weighted by Gasteiger charge is 2.40. The van der Waals surface area contributed by atoms with Gasteiger partial charge in [-0.1, -0.05) is 93.1 Å². The highest BCUT2D eigenvalue weighted by atomic mass is 32.2. The van der Waals surface area contributed by atoms with Crippen molar-refractivity contribution in [2.75, 3.05) is 21.1 Å². The molecule has 0 aliphatic carbocycles. The molecule has 1 aliphatic rings. The minimum atomic E-state index is -4.02.